The quantitative estimate of drug-likeness (QED) is 0.173. The van der Waals surface area contributed by atoms with Gasteiger partial charge in [0.05, 0.1) is 5.41 Å². The van der Waals surface area contributed by atoms with Crippen LogP contribution in [0, 0.1) is 0 Å². The minimum Gasteiger partial charge on any atom is -0.456 e. The lowest BCUT2D eigenvalue weighted by molar-refractivity contribution is 0.487. The Labute approximate surface area is 330 Å². The van der Waals surface area contributed by atoms with Crippen LogP contribution in [0.1, 0.15) is 74.9 Å². The Morgan fingerprint density at radius 2 is 0.875 bits per heavy atom. The maximum Gasteiger partial charge on any atom is 0.135 e. The highest BCUT2D eigenvalue weighted by Crippen LogP contribution is 2.64. The Morgan fingerprint density at radius 1 is 0.357 bits per heavy atom. The van der Waals surface area contributed by atoms with E-state index in [1.807, 2.05) is 6.07 Å². The van der Waals surface area contributed by atoms with Crippen molar-refractivity contribution < 1.29 is 4.74 Å². The Balaban J connectivity index is 1.18. The van der Waals surface area contributed by atoms with E-state index in [-0.39, 0.29) is 10.8 Å². The van der Waals surface area contributed by atoms with Gasteiger partial charge in [-0.05, 0) is 118 Å². The van der Waals surface area contributed by atoms with Gasteiger partial charge in [-0.15, -0.1) is 0 Å². The first kappa shape index (κ1) is 33.2. The van der Waals surface area contributed by atoms with Gasteiger partial charge in [0.1, 0.15) is 11.5 Å². The van der Waals surface area contributed by atoms with Gasteiger partial charge in [0.2, 0.25) is 0 Å². The van der Waals surface area contributed by atoms with E-state index in [1.54, 1.807) is 0 Å². The highest BCUT2D eigenvalue weighted by atomic mass is 16.5. The molecule has 8 aromatic carbocycles. The standard InChI is InChI=1S/C55H44O/c1-53(2,3)34-23-26-41-42-27-24-35(54(4,5)6)32-49(42)55(48(41)31-34)46-20-11-9-16-39(46)40-25-22-33(30-47(40)55)36-14-7-8-15-37(36)38-28-29-51-52-44(38)18-13-19-45(52)43-17-10-12-21-50(43)56-51/h7-32H,1-6H3. The number of rotatable bonds is 2. The summed E-state index contributed by atoms with van der Waals surface area (Å²) in [4.78, 5) is 0. The first-order valence-electron chi connectivity index (χ1n) is 20.0. The maximum atomic E-state index is 6.51. The third-order valence-electron chi connectivity index (χ3n) is 12.8. The van der Waals surface area contributed by atoms with Crippen molar-refractivity contribution in [3.05, 3.63) is 191 Å². The Kier molecular flexibility index (Phi) is 6.77. The van der Waals surface area contributed by atoms with Gasteiger partial charge in [-0.1, -0.05) is 181 Å². The molecule has 0 amide bonds. The zero-order chi connectivity index (χ0) is 38.1. The molecular formula is C55H44O. The fourth-order valence-electron chi connectivity index (χ4n) is 10.1. The van der Waals surface area contributed by atoms with Gasteiger partial charge in [-0.3, -0.25) is 0 Å². The lowest BCUT2D eigenvalue weighted by Crippen LogP contribution is -2.27. The van der Waals surface area contributed by atoms with Crippen LogP contribution in [0.15, 0.2) is 158 Å². The molecule has 0 unspecified atom stereocenters. The molecule has 270 valence electrons. The Bertz CT molecular complexity index is 2900. The van der Waals surface area contributed by atoms with E-state index in [9.17, 15) is 0 Å². The monoisotopic (exact) mass is 720 g/mol. The zero-order valence-corrected chi connectivity index (χ0v) is 32.9. The fourth-order valence-corrected chi connectivity index (χ4v) is 10.1. The lowest BCUT2D eigenvalue weighted by atomic mass is 9.68. The number of para-hydroxylation sites is 1. The van der Waals surface area contributed by atoms with Crippen LogP contribution in [-0.2, 0) is 16.2 Å². The van der Waals surface area contributed by atoms with Crippen LogP contribution in [0.5, 0.6) is 11.5 Å². The summed E-state index contributed by atoms with van der Waals surface area (Å²) in [6.07, 6.45) is 0. The van der Waals surface area contributed by atoms with Crippen LogP contribution < -0.4 is 4.74 Å². The molecule has 0 bridgehead atoms. The van der Waals surface area contributed by atoms with Gasteiger partial charge < -0.3 is 4.74 Å². The smallest absolute Gasteiger partial charge is 0.135 e. The summed E-state index contributed by atoms with van der Waals surface area (Å²) in [5.41, 5.74) is 20.4. The van der Waals surface area contributed by atoms with Crippen molar-refractivity contribution in [2.45, 2.75) is 57.8 Å². The van der Waals surface area contributed by atoms with Crippen molar-refractivity contribution >= 4 is 10.8 Å². The van der Waals surface area contributed by atoms with Crippen LogP contribution in [0.4, 0.5) is 0 Å². The molecular weight excluding hydrogens is 677 g/mol. The summed E-state index contributed by atoms with van der Waals surface area (Å²) in [6.45, 7) is 14.0. The van der Waals surface area contributed by atoms with Gasteiger partial charge >= 0.3 is 0 Å². The SMILES string of the molecule is CC(C)(C)c1ccc2c(c1)C1(c3ccccc3-c3ccc(-c4ccccc4-c4ccc5c6c(cccc46)-c4ccccc4O5)cc31)c1cc(C(C)(C)C)ccc1-2. The third kappa shape index (κ3) is 4.49. The number of ether oxygens (including phenoxy) is 1. The van der Waals surface area contributed by atoms with Crippen molar-refractivity contribution in [1.82, 2.24) is 0 Å². The van der Waals surface area contributed by atoms with Crippen molar-refractivity contribution in [3.8, 4) is 67.1 Å². The average molecular weight is 721 g/mol. The van der Waals surface area contributed by atoms with E-state index in [2.05, 4.69) is 193 Å². The molecule has 2 aliphatic carbocycles. The largest absolute Gasteiger partial charge is 0.456 e. The predicted octanol–water partition coefficient (Wildman–Crippen LogP) is 14.9. The lowest BCUT2D eigenvalue weighted by Gasteiger charge is -2.33. The summed E-state index contributed by atoms with van der Waals surface area (Å²) < 4.78 is 6.51. The van der Waals surface area contributed by atoms with E-state index in [0.717, 1.165) is 17.1 Å². The summed E-state index contributed by atoms with van der Waals surface area (Å²) >= 11 is 0. The Morgan fingerprint density at radius 3 is 1.55 bits per heavy atom. The summed E-state index contributed by atoms with van der Waals surface area (Å²) in [7, 11) is 0. The highest BCUT2D eigenvalue weighted by Gasteiger charge is 2.52. The minimum absolute atomic E-state index is 0.00901. The summed E-state index contributed by atoms with van der Waals surface area (Å²) in [6, 6.07) is 59.5. The molecule has 0 N–H and O–H groups in total. The first-order valence-corrected chi connectivity index (χ1v) is 20.0. The molecule has 56 heavy (non-hydrogen) atoms. The molecule has 1 aliphatic heterocycles. The minimum atomic E-state index is -0.449. The van der Waals surface area contributed by atoms with Gasteiger partial charge in [-0.25, -0.2) is 0 Å². The summed E-state index contributed by atoms with van der Waals surface area (Å²) in [5, 5.41) is 2.38. The molecule has 8 aromatic rings. The highest BCUT2D eigenvalue weighted by molar-refractivity contribution is 6.11. The second kappa shape index (κ2) is 11.4. The summed E-state index contributed by atoms with van der Waals surface area (Å²) in [5.74, 6) is 1.82. The first-order chi connectivity index (χ1) is 27.0. The van der Waals surface area contributed by atoms with Crippen LogP contribution in [0.25, 0.3) is 66.4 Å². The fraction of sp³-hybridized carbons (Fsp3) is 0.164. The Hall–Kier alpha value is -6.18. The number of hydrogen-bond acceptors (Lipinski definition) is 1. The molecule has 0 aromatic heterocycles. The normalized spacial score (nSPS) is 14.2. The molecule has 1 heterocycles. The van der Waals surface area contributed by atoms with Gasteiger partial charge in [0.15, 0.2) is 0 Å². The van der Waals surface area contributed by atoms with Crippen molar-refractivity contribution in [2.24, 2.45) is 0 Å². The zero-order valence-electron chi connectivity index (χ0n) is 32.9. The van der Waals surface area contributed by atoms with E-state index < -0.39 is 5.41 Å². The van der Waals surface area contributed by atoms with Crippen LogP contribution in [0.2, 0.25) is 0 Å². The van der Waals surface area contributed by atoms with Gasteiger partial charge in [-0.2, -0.15) is 0 Å². The van der Waals surface area contributed by atoms with Crippen molar-refractivity contribution in [2.75, 3.05) is 0 Å². The van der Waals surface area contributed by atoms with E-state index in [4.69, 9.17) is 4.74 Å². The van der Waals surface area contributed by atoms with E-state index >= 15 is 0 Å². The van der Waals surface area contributed by atoms with Crippen molar-refractivity contribution in [1.29, 1.82) is 0 Å². The molecule has 1 spiro atoms. The van der Waals surface area contributed by atoms with Crippen LogP contribution >= 0.6 is 0 Å². The second-order valence-corrected chi connectivity index (χ2v) is 18.1. The maximum absolute atomic E-state index is 6.51. The molecule has 11 rings (SSSR count). The molecule has 0 saturated heterocycles. The molecule has 3 aliphatic rings. The number of hydrogen-bond donors (Lipinski definition) is 0. The number of benzene rings is 8. The van der Waals surface area contributed by atoms with Crippen molar-refractivity contribution in [3.63, 3.8) is 0 Å². The molecule has 0 saturated carbocycles. The van der Waals surface area contributed by atoms with E-state index in [1.165, 1.54) is 94.2 Å². The topological polar surface area (TPSA) is 9.23 Å². The average Bonchev–Trinajstić information content (AvgIpc) is 3.67. The van der Waals surface area contributed by atoms with Gasteiger partial charge in [0.25, 0.3) is 0 Å². The van der Waals surface area contributed by atoms with Crippen LogP contribution in [-0.4, -0.2) is 0 Å². The molecule has 0 fully saturated rings. The predicted molar refractivity (Wildman–Crippen MR) is 234 cm³/mol. The molecule has 1 nitrogen and oxygen atoms in total. The second-order valence-electron chi connectivity index (χ2n) is 18.1. The van der Waals surface area contributed by atoms with E-state index in [0.29, 0.717) is 0 Å². The third-order valence-corrected chi connectivity index (χ3v) is 12.8. The molecule has 0 radical (unpaired) electrons. The molecule has 0 atom stereocenters. The molecule has 1 heteroatoms. The van der Waals surface area contributed by atoms with Crippen LogP contribution in [0.3, 0.4) is 0 Å². The number of fused-ring (bicyclic) bond motifs is 12. The van der Waals surface area contributed by atoms with Gasteiger partial charge in [0, 0.05) is 10.9 Å².